The van der Waals surface area contributed by atoms with Gasteiger partial charge in [-0.25, -0.2) is 12.8 Å². The highest BCUT2D eigenvalue weighted by molar-refractivity contribution is 7.92. The number of amides is 1. The van der Waals surface area contributed by atoms with Crippen LogP contribution in [0.3, 0.4) is 0 Å². The van der Waals surface area contributed by atoms with Crippen molar-refractivity contribution in [1.82, 2.24) is 4.90 Å². The van der Waals surface area contributed by atoms with Gasteiger partial charge in [0.2, 0.25) is 5.91 Å². The molecule has 0 fully saturated rings. The van der Waals surface area contributed by atoms with Crippen LogP contribution < -0.4 is 4.72 Å². The quantitative estimate of drug-likeness (QED) is 0.657. The monoisotopic (exact) mass is 402 g/mol. The lowest BCUT2D eigenvalue weighted by atomic mass is 10.1. The Hall–Kier alpha value is -3.13. The van der Waals surface area contributed by atoms with Crippen LogP contribution in [-0.4, -0.2) is 26.3 Å². The Morgan fingerprint density at radius 3 is 2.36 bits per heavy atom. The van der Waals surface area contributed by atoms with Crippen molar-refractivity contribution in [2.45, 2.75) is 17.9 Å². The van der Waals surface area contributed by atoms with Gasteiger partial charge < -0.3 is 9.32 Å². The van der Waals surface area contributed by atoms with E-state index in [1.165, 1.54) is 12.1 Å². The zero-order valence-corrected chi connectivity index (χ0v) is 15.9. The molecule has 1 aromatic heterocycles. The first-order valence-electron chi connectivity index (χ1n) is 8.47. The van der Waals surface area contributed by atoms with Gasteiger partial charge in [0, 0.05) is 12.7 Å². The number of nitrogens with zero attached hydrogens (tertiary/aromatic N) is 1. The number of hydrogen-bond acceptors (Lipinski definition) is 4. The van der Waals surface area contributed by atoms with E-state index in [2.05, 4.69) is 4.72 Å². The molecule has 3 rings (SSSR count). The van der Waals surface area contributed by atoms with Crippen LogP contribution in [0.4, 0.5) is 10.1 Å². The standard InChI is InChI=1S/C20H19FN2O4S/c1-23(14-18-3-2-12-27-18)20(24)13-15-4-8-17(9-5-15)22-28(25,26)19-10-6-16(21)7-11-19/h2-12,22H,13-14H2,1H3. The van der Waals surface area contributed by atoms with Crippen molar-refractivity contribution in [3.05, 3.63) is 84.1 Å². The Bertz CT molecular complexity index is 1030. The molecule has 6 nitrogen and oxygen atoms in total. The van der Waals surface area contributed by atoms with Crippen LogP contribution in [0, 0.1) is 5.82 Å². The van der Waals surface area contributed by atoms with E-state index in [0.29, 0.717) is 18.0 Å². The normalized spacial score (nSPS) is 11.2. The Balaban J connectivity index is 1.61. The zero-order chi connectivity index (χ0) is 20.1. The van der Waals surface area contributed by atoms with Crippen molar-refractivity contribution in [2.75, 3.05) is 11.8 Å². The van der Waals surface area contributed by atoms with Crippen molar-refractivity contribution >= 4 is 21.6 Å². The lowest BCUT2D eigenvalue weighted by Gasteiger charge is -2.16. The second kappa shape index (κ2) is 8.26. The highest BCUT2D eigenvalue weighted by Gasteiger charge is 2.15. The van der Waals surface area contributed by atoms with Crippen LogP contribution in [0.1, 0.15) is 11.3 Å². The van der Waals surface area contributed by atoms with Crippen LogP contribution in [-0.2, 0) is 27.8 Å². The first kappa shape index (κ1) is 19.6. The molecular weight excluding hydrogens is 383 g/mol. The molecule has 1 amide bonds. The van der Waals surface area contributed by atoms with Gasteiger partial charge in [-0.3, -0.25) is 9.52 Å². The molecular formula is C20H19FN2O4S. The number of sulfonamides is 1. The van der Waals surface area contributed by atoms with Crippen molar-refractivity contribution in [3.63, 3.8) is 0 Å². The van der Waals surface area contributed by atoms with Gasteiger partial charge in [-0.2, -0.15) is 0 Å². The van der Waals surface area contributed by atoms with Gasteiger partial charge in [-0.1, -0.05) is 12.1 Å². The van der Waals surface area contributed by atoms with Gasteiger partial charge >= 0.3 is 0 Å². The molecule has 0 saturated heterocycles. The van der Waals surface area contributed by atoms with Gasteiger partial charge in [0.05, 0.1) is 24.1 Å². The summed E-state index contributed by atoms with van der Waals surface area (Å²) in [5, 5.41) is 0. The number of nitrogens with one attached hydrogen (secondary N) is 1. The Morgan fingerprint density at radius 2 is 1.75 bits per heavy atom. The summed E-state index contributed by atoms with van der Waals surface area (Å²) in [6.45, 7) is 0.376. The predicted molar refractivity (Wildman–Crippen MR) is 103 cm³/mol. The first-order valence-corrected chi connectivity index (χ1v) is 9.95. The van der Waals surface area contributed by atoms with Crippen LogP contribution in [0.15, 0.2) is 76.2 Å². The number of carbonyl (C=O) groups is 1. The average Bonchev–Trinajstić information content (AvgIpc) is 3.16. The van der Waals surface area contributed by atoms with E-state index in [0.717, 1.165) is 17.7 Å². The Labute approximate surface area is 162 Å². The van der Waals surface area contributed by atoms with E-state index in [1.807, 2.05) is 0 Å². The maximum Gasteiger partial charge on any atom is 0.261 e. The fourth-order valence-corrected chi connectivity index (χ4v) is 3.61. The fraction of sp³-hybridized carbons (Fsp3) is 0.150. The maximum atomic E-state index is 13.0. The summed E-state index contributed by atoms with van der Waals surface area (Å²) in [6, 6.07) is 14.6. The summed E-state index contributed by atoms with van der Waals surface area (Å²) in [5.41, 5.74) is 1.10. The van der Waals surface area contributed by atoms with E-state index in [-0.39, 0.29) is 17.2 Å². The average molecular weight is 402 g/mol. The molecule has 3 aromatic rings. The largest absolute Gasteiger partial charge is 0.467 e. The second-order valence-electron chi connectivity index (χ2n) is 6.26. The van der Waals surface area contributed by atoms with E-state index >= 15 is 0 Å². The molecule has 0 saturated carbocycles. The molecule has 146 valence electrons. The minimum Gasteiger partial charge on any atom is -0.467 e. The van der Waals surface area contributed by atoms with Crippen LogP contribution >= 0.6 is 0 Å². The third-order valence-corrected chi connectivity index (χ3v) is 5.48. The molecule has 0 spiro atoms. The topological polar surface area (TPSA) is 79.6 Å². The molecule has 0 aliphatic heterocycles. The molecule has 0 unspecified atom stereocenters. The Kier molecular flexibility index (Phi) is 5.79. The number of likely N-dealkylation sites (N-methyl/N-ethyl adjacent to an activating group) is 1. The summed E-state index contributed by atoms with van der Waals surface area (Å²) in [6.07, 6.45) is 1.74. The molecule has 1 N–H and O–H groups in total. The summed E-state index contributed by atoms with van der Waals surface area (Å²) in [4.78, 5) is 13.8. The third kappa shape index (κ3) is 4.98. The Morgan fingerprint density at radius 1 is 1.07 bits per heavy atom. The molecule has 0 aliphatic carbocycles. The van der Waals surface area contributed by atoms with Crippen molar-refractivity contribution < 1.29 is 22.0 Å². The highest BCUT2D eigenvalue weighted by Crippen LogP contribution is 2.17. The van der Waals surface area contributed by atoms with E-state index < -0.39 is 15.8 Å². The molecule has 8 heteroatoms. The summed E-state index contributed by atoms with van der Waals surface area (Å²) in [7, 11) is -2.12. The third-order valence-electron chi connectivity index (χ3n) is 4.08. The van der Waals surface area contributed by atoms with E-state index in [9.17, 15) is 17.6 Å². The first-order chi connectivity index (χ1) is 13.3. The van der Waals surface area contributed by atoms with Crippen LogP contribution in [0.2, 0.25) is 0 Å². The van der Waals surface area contributed by atoms with Crippen LogP contribution in [0.25, 0.3) is 0 Å². The molecule has 2 aromatic carbocycles. The minimum atomic E-state index is -3.81. The number of furan rings is 1. The van der Waals surface area contributed by atoms with Gasteiger partial charge in [-0.15, -0.1) is 0 Å². The van der Waals surface area contributed by atoms with Gasteiger partial charge in [0.25, 0.3) is 10.0 Å². The molecule has 0 bridgehead atoms. The number of hydrogen-bond donors (Lipinski definition) is 1. The smallest absolute Gasteiger partial charge is 0.261 e. The summed E-state index contributed by atoms with van der Waals surface area (Å²) >= 11 is 0. The fourth-order valence-electron chi connectivity index (χ4n) is 2.55. The maximum absolute atomic E-state index is 13.0. The SMILES string of the molecule is CN(Cc1ccco1)C(=O)Cc1ccc(NS(=O)(=O)c2ccc(F)cc2)cc1. The number of anilines is 1. The number of halogens is 1. The highest BCUT2D eigenvalue weighted by atomic mass is 32.2. The zero-order valence-electron chi connectivity index (χ0n) is 15.1. The minimum absolute atomic E-state index is 0.0345. The van der Waals surface area contributed by atoms with Gasteiger partial charge in [0.15, 0.2) is 0 Å². The van der Waals surface area contributed by atoms with Crippen LogP contribution in [0.5, 0.6) is 0 Å². The summed E-state index contributed by atoms with van der Waals surface area (Å²) in [5.74, 6) is 0.0995. The van der Waals surface area contributed by atoms with Gasteiger partial charge in [-0.05, 0) is 54.1 Å². The van der Waals surface area contributed by atoms with Crippen molar-refractivity contribution in [3.8, 4) is 0 Å². The molecule has 28 heavy (non-hydrogen) atoms. The number of benzene rings is 2. The predicted octanol–water partition coefficient (Wildman–Crippen LogP) is 3.42. The summed E-state index contributed by atoms with van der Waals surface area (Å²) < 4.78 is 45.2. The van der Waals surface area contributed by atoms with E-state index in [4.69, 9.17) is 4.42 Å². The van der Waals surface area contributed by atoms with Gasteiger partial charge in [0.1, 0.15) is 11.6 Å². The lowest BCUT2D eigenvalue weighted by molar-refractivity contribution is -0.129. The molecule has 0 radical (unpaired) electrons. The second-order valence-corrected chi connectivity index (χ2v) is 7.94. The molecule has 1 heterocycles. The molecule has 0 aliphatic rings. The lowest BCUT2D eigenvalue weighted by Crippen LogP contribution is -2.27. The van der Waals surface area contributed by atoms with Crippen molar-refractivity contribution in [1.29, 1.82) is 0 Å². The number of rotatable bonds is 7. The number of carbonyl (C=O) groups excluding carboxylic acids is 1. The molecule has 0 atom stereocenters. The van der Waals surface area contributed by atoms with Crippen molar-refractivity contribution in [2.24, 2.45) is 0 Å². The van der Waals surface area contributed by atoms with E-state index in [1.54, 1.807) is 54.6 Å².